The summed E-state index contributed by atoms with van der Waals surface area (Å²) in [4.78, 5) is 0. The van der Waals surface area contributed by atoms with E-state index in [2.05, 4.69) is 52.1 Å². The maximum Gasteiger partial charge on any atom is 0.0199 e. The molecule has 2 heteroatoms. The van der Waals surface area contributed by atoms with Crippen molar-refractivity contribution in [2.75, 3.05) is 4.43 Å². The number of hydrogen-bond donors (Lipinski definition) is 0. The van der Waals surface area contributed by atoms with Gasteiger partial charge in [-0.2, -0.15) is 0 Å². The summed E-state index contributed by atoms with van der Waals surface area (Å²) in [5.74, 6) is 0. The van der Waals surface area contributed by atoms with Gasteiger partial charge >= 0.3 is 0 Å². The zero-order chi connectivity index (χ0) is 5.70. The van der Waals surface area contributed by atoms with Crippen molar-refractivity contribution in [2.45, 2.75) is 23.7 Å². The molecule has 0 nitrogen and oxygen atoms in total. The first-order valence-electron chi connectivity index (χ1n) is 2.51. The van der Waals surface area contributed by atoms with Gasteiger partial charge in [-0.1, -0.05) is 58.5 Å². The molecule has 0 aliphatic carbocycles. The molecule has 0 aliphatic heterocycles. The second-order valence-electron chi connectivity index (χ2n) is 1.54. The Hall–Kier alpha value is 1.46. The lowest BCUT2D eigenvalue weighted by Crippen LogP contribution is -1.95. The number of rotatable bonds is 3. The molecule has 1 atom stereocenters. The van der Waals surface area contributed by atoms with Crippen LogP contribution < -0.4 is 0 Å². The third-order valence-corrected chi connectivity index (χ3v) is 4.58. The van der Waals surface area contributed by atoms with E-state index in [-0.39, 0.29) is 0 Å². The van der Waals surface area contributed by atoms with Crippen molar-refractivity contribution < 1.29 is 0 Å². The Bertz CT molecular complexity index is 37.1. The predicted octanol–water partition coefficient (Wildman–Crippen LogP) is 3.03. The zero-order valence-corrected chi connectivity index (χ0v) is 8.77. The van der Waals surface area contributed by atoms with Gasteiger partial charge in [-0.25, -0.2) is 0 Å². The monoisotopic (exact) mass is 324 g/mol. The first-order chi connectivity index (χ1) is 3.31. The van der Waals surface area contributed by atoms with Gasteiger partial charge < -0.3 is 0 Å². The minimum Gasteiger partial charge on any atom is -0.0852 e. The van der Waals surface area contributed by atoms with Gasteiger partial charge in [0.25, 0.3) is 0 Å². The standard InChI is InChI=1S/C5H10I2/c1-2-3-5(7)4-6/h5H,2-4H2,1H3/t5-/m0/s1. The zero-order valence-electron chi connectivity index (χ0n) is 4.45. The first-order valence-corrected chi connectivity index (χ1v) is 5.28. The van der Waals surface area contributed by atoms with Crippen LogP contribution >= 0.6 is 45.2 Å². The number of alkyl halides is 2. The van der Waals surface area contributed by atoms with Crippen molar-refractivity contribution in [1.29, 1.82) is 0 Å². The summed E-state index contributed by atoms with van der Waals surface area (Å²) in [6.07, 6.45) is 2.71. The van der Waals surface area contributed by atoms with Gasteiger partial charge in [0, 0.05) is 8.35 Å². The molecular weight excluding hydrogens is 314 g/mol. The molecule has 0 fully saturated rings. The summed E-state index contributed by atoms with van der Waals surface area (Å²) < 4.78 is 2.20. The molecule has 0 bridgehead atoms. The lowest BCUT2D eigenvalue weighted by molar-refractivity contribution is 0.819. The molecule has 44 valence electrons. The fraction of sp³-hybridized carbons (Fsp3) is 1.00. The molecule has 0 rings (SSSR count). The Morgan fingerprint density at radius 3 is 2.29 bits per heavy atom. The fourth-order valence-electron chi connectivity index (χ4n) is 0.390. The third kappa shape index (κ3) is 5.33. The molecular formula is C5H10I2. The van der Waals surface area contributed by atoms with Gasteiger partial charge in [0.1, 0.15) is 0 Å². The van der Waals surface area contributed by atoms with Crippen molar-refractivity contribution in [1.82, 2.24) is 0 Å². The van der Waals surface area contributed by atoms with E-state index in [4.69, 9.17) is 0 Å². The second kappa shape index (κ2) is 5.59. The highest BCUT2D eigenvalue weighted by Crippen LogP contribution is 2.10. The van der Waals surface area contributed by atoms with Gasteiger partial charge in [-0.3, -0.25) is 0 Å². The lowest BCUT2D eigenvalue weighted by atomic mass is 10.3. The van der Waals surface area contributed by atoms with Crippen LogP contribution in [0.25, 0.3) is 0 Å². The smallest absolute Gasteiger partial charge is 0.0199 e. The average Bonchev–Trinajstić information content (AvgIpc) is 1.68. The molecule has 0 unspecified atom stereocenters. The molecule has 0 saturated heterocycles. The molecule has 0 aromatic heterocycles. The van der Waals surface area contributed by atoms with Gasteiger partial charge in [0.2, 0.25) is 0 Å². The Balaban J connectivity index is 2.83. The first kappa shape index (κ1) is 8.46. The summed E-state index contributed by atoms with van der Waals surface area (Å²) in [5.41, 5.74) is 0. The lowest BCUT2D eigenvalue weighted by Gasteiger charge is -1.99. The van der Waals surface area contributed by atoms with Crippen LogP contribution in [0.4, 0.5) is 0 Å². The Labute approximate surface area is 72.7 Å². The van der Waals surface area contributed by atoms with Crippen LogP contribution in [0.15, 0.2) is 0 Å². The van der Waals surface area contributed by atoms with Crippen molar-refractivity contribution in [2.24, 2.45) is 0 Å². The van der Waals surface area contributed by atoms with Gasteiger partial charge in [-0.05, 0) is 6.42 Å². The molecule has 0 spiro atoms. The Morgan fingerprint density at radius 2 is 2.14 bits per heavy atom. The summed E-state index contributed by atoms with van der Waals surface area (Å²) >= 11 is 4.93. The number of hydrogen-bond acceptors (Lipinski definition) is 0. The van der Waals surface area contributed by atoms with Crippen LogP contribution in [0.5, 0.6) is 0 Å². The van der Waals surface area contributed by atoms with Gasteiger partial charge in [-0.15, -0.1) is 0 Å². The van der Waals surface area contributed by atoms with Gasteiger partial charge in [0.15, 0.2) is 0 Å². The molecule has 0 N–H and O–H groups in total. The van der Waals surface area contributed by atoms with E-state index in [1.165, 1.54) is 17.3 Å². The molecule has 0 aliphatic rings. The van der Waals surface area contributed by atoms with Crippen LogP contribution in [-0.4, -0.2) is 8.35 Å². The Morgan fingerprint density at radius 1 is 1.57 bits per heavy atom. The molecule has 0 saturated carbocycles. The Kier molecular flexibility index (Phi) is 6.76. The topological polar surface area (TPSA) is 0 Å². The van der Waals surface area contributed by atoms with Crippen molar-refractivity contribution in [3.8, 4) is 0 Å². The van der Waals surface area contributed by atoms with Crippen molar-refractivity contribution in [3.63, 3.8) is 0 Å². The highest BCUT2D eigenvalue weighted by atomic mass is 127. The molecule has 7 heavy (non-hydrogen) atoms. The second-order valence-corrected chi connectivity index (χ2v) is 4.18. The van der Waals surface area contributed by atoms with E-state index in [9.17, 15) is 0 Å². The average molecular weight is 324 g/mol. The van der Waals surface area contributed by atoms with Crippen molar-refractivity contribution >= 4 is 45.2 Å². The largest absolute Gasteiger partial charge is 0.0852 e. The minimum absolute atomic E-state index is 0.906. The predicted molar refractivity (Wildman–Crippen MR) is 51.6 cm³/mol. The number of halogens is 2. The molecule has 0 radical (unpaired) electrons. The summed E-state index contributed by atoms with van der Waals surface area (Å²) in [6, 6.07) is 0. The quantitative estimate of drug-likeness (QED) is 0.553. The van der Waals surface area contributed by atoms with Crippen LogP contribution in [0.1, 0.15) is 19.8 Å². The van der Waals surface area contributed by atoms with E-state index in [1.54, 1.807) is 0 Å². The molecule has 0 heterocycles. The molecule has 0 aromatic carbocycles. The highest BCUT2D eigenvalue weighted by Gasteiger charge is 1.96. The molecule has 0 aromatic rings. The summed E-state index contributed by atoms with van der Waals surface area (Å²) in [7, 11) is 0. The van der Waals surface area contributed by atoms with Crippen molar-refractivity contribution in [3.05, 3.63) is 0 Å². The van der Waals surface area contributed by atoms with Gasteiger partial charge in [0.05, 0.1) is 0 Å². The van der Waals surface area contributed by atoms with E-state index in [1.807, 2.05) is 0 Å². The fourth-order valence-corrected chi connectivity index (χ4v) is 1.45. The summed E-state index contributed by atoms with van der Waals surface area (Å²) in [6.45, 7) is 2.23. The van der Waals surface area contributed by atoms with Crippen LogP contribution in [0, 0.1) is 0 Å². The van der Waals surface area contributed by atoms with E-state index in [0.717, 1.165) is 3.92 Å². The van der Waals surface area contributed by atoms with Crippen LogP contribution in [0.3, 0.4) is 0 Å². The minimum atomic E-state index is 0.906. The highest BCUT2D eigenvalue weighted by molar-refractivity contribution is 14.1. The van der Waals surface area contributed by atoms with Crippen LogP contribution in [0.2, 0.25) is 0 Å². The summed E-state index contributed by atoms with van der Waals surface area (Å²) in [5, 5.41) is 0. The van der Waals surface area contributed by atoms with E-state index >= 15 is 0 Å². The maximum absolute atomic E-state index is 2.50. The third-order valence-electron chi connectivity index (χ3n) is 0.769. The van der Waals surface area contributed by atoms with Crippen LogP contribution in [-0.2, 0) is 0 Å². The SMILES string of the molecule is CCC[C@H](I)CI. The van der Waals surface area contributed by atoms with E-state index in [0.29, 0.717) is 0 Å². The maximum atomic E-state index is 2.50. The normalized spacial score (nSPS) is 14.1. The van der Waals surface area contributed by atoms with E-state index < -0.39 is 0 Å². The molecule has 0 amide bonds.